The van der Waals surface area contributed by atoms with Crippen molar-refractivity contribution in [2.75, 3.05) is 0 Å². The monoisotopic (exact) mass is 353 g/mol. The van der Waals surface area contributed by atoms with Crippen LogP contribution in [0.15, 0.2) is 40.1 Å². The fraction of sp³-hybridized carbons (Fsp3) is 0.267. The summed E-state index contributed by atoms with van der Waals surface area (Å²) in [5.74, 6) is 0.514. The molecule has 0 fully saturated rings. The average Bonchev–Trinajstić information content (AvgIpc) is 2.53. The van der Waals surface area contributed by atoms with Gasteiger partial charge in [-0.05, 0) is 24.6 Å². The Hall–Kier alpha value is -1.99. The van der Waals surface area contributed by atoms with E-state index < -0.39 is 11.2 Å². The van der Waals surface area contributed by atoms with E-state index in [2.05, 4.69) is 15.3 Å². The molecule has 0 saturated carbocycles. The first kappa shape index (κ1) is 17.4. The smallest absolute Gasteiger partial charge is 0.325 e. The molecule has 23 heavy (non-hydrogen) atoms. The van der Waals surface area contributed by atoms with E-state index in [9.17, 15) is 14.4 Å². The van der Waals surface area contributed by atoms with E-state index in [0.717, 1.165) is 5.56 Å². The predicted octanol–water partition coefficient (Wildman–Crippen LogP) is 1.65. The largest absolute Gasteiger partial charge is 0.351 e. The lowest BCUT2D eigenvalue weighted by molar-refractivity contribution is -0.120. The van der Waals surface area contributed by atoms with Gasteiger partial charge in [0.05, 0.1) is 10.8 Å². The van der Waals surface area contributed by atoms with Gasteiger partial charge in [-0.1, -0.05) is 23.7 Å². The summed E-state index contributed by atoms with van der Waals surface area (Å²) in [6.45, 7) is 1.86. The Morgan fingerprint density at radius 1 is 1.30 bits per heavy atom. The number of H-pyrrole nitrogens is 2. The summed E-state index contributed by atoms with van der Waals surface area (Å²) < 4.78 is 0. The number of halogens is 1. The molecule has 8 heteroatoms. The molecule has 122 valence electrons. The Morgan fingerprint density at radius 3 is 2.65 bits per heavy atom. The molecule has 6 nitrogen and oxygen atoms in total. The topological polar surface area (TPSA) is 94.8 Å². The van der Waals surface area contributed by atoms with Gasteiger partial charge in [0, 0.05) is 23.5 Å². The molecule has 1 heterocycles. The summed E-state index contributed by atoms with van der Waals surface area (Å²) in [5, 5.41) is 3.09. The number of carbonyl (C=O) groups excluding carboxylic acids is 1. The Bertz CT molecular complexity index is 786. The number of carbonyl (C=O) groups is 1. The van der Waals surface area contributed by atoms with E-state index in [-0.39, 0.29) is 17.7 Å². The molecule has 1 aromatic heterocycles. The van der Waals surface area contributed by atoms with E-state index in [0.29, 0.717) is 16.3 Å². The molecule has 1 amide bonds. The van der Waals surface area contributed by atoms with Crippen LogP contribution >= 0.6 is 23.4 Å². The summed E-state index contributed by atoms with van der Waals surface area (Å²) in [6, 6.07) is 7.45. The Morgan fingerprint density at radius 2 is 2.00 bits per heavy atom. The number of benzene rings is 1. The van der Waals surface area contributed by atoms with E-state index in [1.54, 1.807) is 6.92 Å². The molecule has 0 spiro atoms. The molecule has 0 bridgehead atoms. The van der Waals surface area contributed by atoms with E-state index in [4.69, 9.17) is 11.6 Å². The highest BCUT2D eigenvalue weighted by molar-refractivity contribution is 7.99. The van der Waals surface area contributed by atoms with Crippen LogP contribution in [-0.2, 0) is 17.1 Å². The number of aromatic nitrogens is 2. The molecule has 0 unspecified atom stereocenters. The first-order chi connectivity index (χ1) is 11.0. The molecular weight excluding hydrogens is 338 g/mol. The van der Waals surface area contributed by atoms with Crippen molar-refractivity contribution in [1.82, 2.24) is 15.3 Å². The van der Waals surface area contributed by atoms with E-state index in [1.165, 1.54) is 18.0 Å². The third kappa shape index (κ3) is 5.30. The van der Waals surface area contributed by atoms with Gasteiger partial charge in [-0.3, -0.25) is 14.6 Å². The second-order valence-electron chi connectivity index (χ2n) is 4.89. The van der Waals surface area contributed by atoms with E-state index >= 15 is 0 Å². The van der Waals surface area contributed by atoms with Gasteiger partial charge in [0.2, 0.25) is 5.91 Å². The zero-order valence-electron chi connectivity index (χ0n) is 12.4. The molecule has 0 aliphatic rings. The zero-order valence-corrected chi connectivity index (χ0v) is 14.0. The van der Waals surface area contributed by atoms with Gasteiger partial charge in [-0.25, -0.2) is 4.79 Å². The first-order valence-electron chi connectivity index (χ1n) is 6.90. The fourth-order valence-electron chi connectivity index (χ4n) is 1.77. The van der Waals surface area contributed by atoms with Gasteiger partial charge in [0.25, 0.3) is 5.56 Å². The number of hydrogen-bond donors (Lipinski definition) is 3. The average molecular weight is 354 g/mol. The predicted molar refractivity (Wildman–Crippen MR) is 91.7 cm³/mol. The minimum atomic E-state index is -0.572. The molecule has 2 rings (SSSR count). The molecule has 0 radical (unpaired) electrons. The Labute approximate surface area is 141 Å². The summed E-state index contributed by atoms with van der Waals surface area (Å²) in [4.78, 5) is 38.9. The molecule has 1 atom stereocenters. The Balaban J connectivity index is 1.83. The number of thioether (sulfide) groups is 1. The number of rotatable bonds is 6. The molecule has 1 aromatic carbocycles. The molecule has 3 N–H and O–H groups in total. The lowest BCUT2D eigenvalue weighted by Gasteiger charge is -2.11. The number of hydrogen-bond acceptors (Lipinski definition) is 4. The van der Waals surface area contributed by atoms with Crippen LogP contribution in [0.2, 0.25) is 5.02 Å². The van der Waals surface area contributed by atoms with Gasteiger partial charge in [-0.15, -0.1) is 11.8 Å². The van der Waals surface area contributed by atoms with Gasteiger partial charge in [0.15, 0.2) is 0 Å². The van der Waals surface area contributed by atoms with Crippen molar-refractivity contribution >= 4 is 29.3 Å². The highest BCUT2D eigenvalue weighted by Crippen LogP contribution is 2.19. The summed E-state index contributed by atoms with van der Waals surface area (Å²) >= 11 is 7.31. The summed E-state index contributed by atoms with van der Waals surface area (Å²) in [5.41, 5.74) is 0.302. The second-order valence-corrected chi connectivity index (χ2v) is 6.66. The standard InChI is InChI=1S/C15H16ClN3O3S/c1-9(23-8-10-2-4-12(16)5-3-10)13(20)17-6-11-7-18-15(22)19-14(11)21/h2-5,7,9H,6,8H2,1H3,(H,17,20)(H2,18,19,21,22)/t9-/m0/s1. The zero-order chi connectivity index (χ0) is 16.8. The third-order valence-electron chi connectivity index (χ3n) is 3.13. The lowest BCUT2D eigenvalue weighted by Crippen LogP contribution is -2.34. The van der Waals surface area contributed by atoms with E-state index in [1.807, 2.05) is 24.3 Å². The highest BCUT2D eigenvalue weighted by atomic mass is 35.5. The van der Waals surface area contributed by atoms with Crippen molar-refractivity contribution in [3.63, 3.8) is 0 Å². The first-order valence-corrected chi connectivity index (χ1v) is 8.33. The van der Waals surface area contributed by atoms with Gasteiger partial charge in [-0.2, -0.15) is 0 Å². The maximum absolute atomic E-state index is 12.0. The van der Waals surface area contributed by atoms with Gasteiger partial charge >= 0.3 is 5.69 Å². The van der Waals surface area contributed by atoms with Crippen LogP contribution in [0.25, 0.3) is 0 Å². The molecule has 0 aliphatic heterocycles. The van der Waals surface area contributed by atoms with Crippen molar-refractivity contribution < 1.29 is 4.79 Å². The molecule has 0 saturated heterocycles. The van der Waals surface area contributed by atoms with Crippen LogP contribution in [0.4, 0.5) is 0 Å². The van der Waals surface area contributed by atoms with Crippen molar-refractivity contribution in [2.45, 2.75) is 24.5 Å². The Kier molecular flexibility index (Phi) is 6.06. The van der Waals surface area contributed by atoms with Crippen molar-refractivity contribution in [1.29, 1.82) is 0 Å². The maximum Gasteiger partial charge on any atom is 0.325 e. The SMILES string of the molecule is C[C@H](SCc1ccc(Cl)cc1)C(=O)NCc1c[nH]c(=O)[nH]c1=O. The normalized spacial score (nSPS) is 11.9. The molecule has 0 aliphatic carbocycles. The fourth-order valence-corrected chi connectivity index (χ4v) is 2.77. The van der Waals surface area contributed by atoms with Gasteiger partial charge in [0.1, 0.15) is 0 Å². The van der Waals surface area contributed by atoms with Crippen LogP contribution in [-0.4, -0.2) is 21.1 Å². The van der Waals surface area contributed by atoms with Crippen LogP contribution in [0, 0.1) is 0 Å². The van der Waals surface area contributed by atoms with Crippen LogP contribution < -0.4 is 16.6 Å². The molecule has 2 aromatic rings. The minimum Gasteiger partial charge on any atom is -0.351 e. The number of aromatic amines is 2. The molecular formula is C15H16ClN3O3S. The summed E-state index contributed by atoms with van der Waals surface area (Å²) in [6.07, 6.45) is 1.30. The van der Waals surface area contributed by atoms with Crippen LogP contribution in [0.3, 0.4) is 0 Å². The van der Waals surface area contributed by atoms with Crippen molar-refractivity contribution in [2.24, 2.45) is 0 Å². The van der Waals surface area contributed by atoms with Crippen molar-refractivity contribution in [3.05, 3.63) is 67.4 Å². The minimum absolute atomic E-state index is 0.0663. The summed E-state index contributed by atoms with van der Waals surface area (Å²) in [7, 11) is 0. The highest BCUT2D eigenvalue weighted by Gasteiger charge is 2.13. The number of amides is 1. The van der Waals surface area contributed by atoms with Gasteiger partial charge < -0.3 is 10.3 Å². The lowest BCUT2D eigenvalue weighted by atomic mass is 10.2. The van der Waals surface area contributed by atoms with Crippen LogP contribution in [0.1, 0.15) is 18.1 Å². The van der Waals surface area contributed by atoms with Crippen LogP contribution in [0.5, 0.6) is 0 Å². The maximum atomic E-state index is 12.0. The quantitative estimate of drug-likeness (QED) is 0.736. The third-order valence-corrected chi connectivity index (χ3v) is 4.60. The number of nitrogens with one attached hydrogen (secondary N) is 3. The second kappa shape index (κ2) is 8.03. The van der Waals surface area contributed by atoms with Crippen molar-refractivity contribution in [3.8, 4) is 0 Å².